The fourth-order valence-corrected chi connectivity index (χ4v) is 6.35. The number of nitrogens with two attached hydrogens (primary N) is 1. The van der Waals surface area contributed by atoms with Crippen molar-refractivity contribution in [3.63, 3.8) is 0 Å². The van der Waals surface area contributed by atoms with Gasteiger partial charge in [-0.05, 0) is 16.0 Å². The normalized spacial score (nSPS) is 19.0. The number of tetrazole rings is 1. The number of nitrogens with one attached hydrogen (secondary N) is 2. The molecule has 2 aromatic rings. The number of fused-ring (bicyclic) bond motifs is 1. The number of carboxylic acids is 1. The predicted molar refractivity (Wildman–Crippen MR) is 114 cm³/mol. The van der Waals surface area contributed by atoms with Crippen molar-refractivity contribution in [3.8, 4) is 0 Å². The third-order valence-corrected chi connectivity index (χ3v) is 8.02. The Labute approximate surface area is 230 Å². The van der Waals surface area contributed by atoms with Gasteiger partial charge in [-0.25, -0.2) is 4.68 Å². The van der Waals surface area contributed by atoms with Crippen LogP contribution >= 0.6 is 34.9 Å². The second kappa shape index (κ2) is 11.1. The maximum atomic E-state index is 12.7. The Morgan fingerprint density at radius 3 is 2.77 bits per heavy atom. The second-order valence-corrected chi connectivity index (χ2v) is 10.00. The Bertz CT molecular complexity index is 1270. The number of carboxylic acid groups (broad SMARTS) is 1. The number of hydrogen-bond acceptors (Lipinski definition) is 13. The summed E-state index contributed by atoms with van der Waals surface area (Å²) in [6, 6.07) is -0.940. The van der Waals surface area contributed by atoms with Gasteiger partial charge in [0.1, 0.15) is 18.0 Å². The zero-order valence-electron chi connectivity index (χ0n) is 18.0. The van der Waals surface area contributed by atoms with Crippen LogP contribution in [0.2, 0.25) is 0 Å². The van der Waals surface area contributed by atoms with Crippen LogP contribution in [0.1, 0.15) is 5.69 Å². The quantitative estimate of drug-likeness (QED) is 0.0995. The molecule has 2 atom stereocenters. The van der Waals surface area contributed by atoms with Gasteiger partial charge in [-0.2, -0.15) is 4.73 Å². The van der Waals surface area contributed by atoms with Gasteiger partial charge in [0.2, 0.25) is 21.8 Å². The van der Waals surface area contributed by atoms with E-state index < -0.39 is 35.1 Å². The van der Waals surface area contributed by atoms with Gasteiger partial charge in [0.15, 0.2) is 0 Å². The molecule has 0 saturated carbocycles. The third kappa shape index (κ3) is 5.56. The van der Waals surface area contributed by atoms with Crippen LogP contribution in [0.3, 0.4) is 0 Å². The summed E-state index contributed by atoms with van der Waals surface area (Å²) in [6.45, 7) is -0.241. The summed E-state index contributed by atoms with van der Waals surface area (Å²) in [6.07, 6.45) is -0.252. The van der Waals surface area contributed by atoms with Crippen molar-refractivity contribution in [2.24, 2.45) is 5.73 Å². The summed E-state index contributed by atoms with van der Waals surface area (Å²) in [4.78, 5) is 49.0. The molecule has 0 bridgehead atoms. The van der Waals surface area contributed by atoms with Crippen LogP contribution in [-0.4, -0.2) is 81.7 Å². The number of primary amides is 1. The molecule has 3 amide bonds. The van der Waals surface area contributed by atoms with Crippen LogP contribution in [0.4, 0.5) is 0 Å². The van der Waals surface area contributed by atoms with Gasteiger partial charge in [-0.15, -0.1) is 28.2 Å². The first kappa shape index (κ1) is 27.2. The number of amides is 3. The van der Waals surface area contributed by atoms with E-state index in [1.165, 1.54) is 21.8 Å². The summed E-state index contributed by atoms with van der Waals surface area (Å²) in [7, 11) is 0. The number of thioether (sulfide) groups is 2. The summed E-state index contributed by atoms with van der Waals surface area (Å²) in [5, 5.41) is 43.6. The Balaban J connectivity index is 0.00000342. The molecule has 4 heterocycles. The van der Waals surface area contributed by atoms with Crippen LogP contribution in [0, 0.1) is 5.41 Å². The smallest absolute Gasteiger partial charge is 0.543 e. The number of hydrogen-bond donors (Lipinski definition) is 4. The van der Waals surface area contributed by atoms with Gasteiger partial charge in [-0.3, -0.25) is 24.7 Å². The molecular formula is C16H16N9NaO6S3. The van der Waals surface area contributed by atoms with Crippen molar-refractivity contribution in [1.82, 2.24) is 35.2 Å². The molecule has 180 valence electrons. The average molecular weight is 550 g/mol. The van der Waals surface area contributed by atoms with Gasteiger partial charge in [-0.1, -0.05) is 11.8 Å². The maximum Gasteiger partial charge on any atom is 1.00 e. The number of nitrogens with zero attached hydrogens (tertiary/aromatic N) is 6. The van der Waals surface area contributed by atoms with E-state index in [0.29, 0.717) is 10.3 Å². The second-order valence-electron chi connectivity index (χ2n) is 7.09. The summed E-state index contributed by atoms with van der Waals surface area (Å²) < 4.78 is 1.76. The molecule has 0 aliphatic carbocycles. The first-order valence-corrected chi connectivity index (χ1v) is 12.4. The van der Waals surface area contributed by atoms with Crippen molar-refractivity contribution >= 4 is 58.6 Å². The molecule has 2 aliphatic heterocycles. The third-order valence-electron chi connectivity index (χ3n) is 4.85. The number of carbonyl (C=O) groups is 4. The molecule has 0 spiro atoms. The van der Waals surface area contributed by atoms with Crippen molar-refractivity contribution in [3.05, 3.63) is 27.1 Å². The predicted octanol–water partition coefficient (Wildman–Crippen LogP) is -6.52. The van der Waals surface area contributed by atoms with E-state index in [1.54, 1.807) is 0 Å². The van der Waals surface area contributed by atoms with E-state index >= 15 is 0 Å². The molecule has 2 aromatic heterocycles. The Morgan fingerprint density at radius 1 is 1.40 bits per heavy atom. The van der Waals surface area contributed by atoms with E-state index in [1.807, 2.05) is 0 Å². The molecule has 0 radical (unpaired) electrons. The zero-order chi connectivity index (χ0) is 24.6. The minimum atomic E-state index is -1.53. The fourth-order valence-electron chi connectivity index (χ4n) is 3.34. The molecule has 2 unspecified atom stereocenters. The largest absolute Gasteiger partial charge is 1.00 e. The van der Waals surface area contributed by atoms with E-state index in [2.05, 4.69) is 20.8 Å². The first-order valence-electron chi connectivity index (χ1n) is 9.45. The van der Waals surface area contributed by atoms with Gasteiger partial charge in [0.25, 0.3) is 5.91 Å². The minimum Gasteiger partial charge on any atom is -0.543 e. The van der Waals surface area contributed by atoms with Gasteiger partial charge < -0.3 is 26.2 Å². The van der Waals surface area contributed by atoms with Crippen LogP contribution in [0.5, 0.6) is 0 Å². The van der Waals surface area contributed by atoms with E-state index in [-0.39, 0.29) is 75.4 Å². The van der Waals surface area contributed by atoms with E-state index in [4.69, 9.17) is 11.1 Å². The number of aromatic nitrogens is 5. The van der Waals surface area contributed by atoms with E-state index in [9.17, 15) is 29.5 Å². The van der Waals surface area contributed by atoms with Crippen molar-refractivity contribution in [2.45, 2.75) is 29.5 Å². The summed E-state index contributed by atoms with van der Waals surface area (Å²) >= 11 is 3.30. The van der Waals surface area contributed by atoms with Gasteiger partial charge >= 0.3 is 29.6 Å². The van der Waals surface area contributed by atoms with Crippen LogP contribution in [0.15, 0.2) is 21.8 Å². The van der Waals surface area contributed by atoms with Crippen LogP contribution in [0.25, 0.3) is 0 Å². The number of aliphatic carboxylic acids is 1. The molecule has 4 rings (SSSR count). The Hall–Kier alpha value is -2.38. The molecule has 5 N–H and O–H groups in total. The standard InChI is InChI=1S/C16H17N9O6S3.Na/c17-8(26)2-23-16(20-21-22-23)34-4-6-3-32-13-10(12(28)24(13)11(6)14(29)30)19-9(27)1-7-5-33-15(18)25(7)31;/h5,10,13,18,31H,1-4H2,(H2,17,26)(H,19,27)(H,29,30);/q;+1/p-1. The molecule has 0 aromatic carbocycles. The molecule has 1 fully saturated rings. The number of thiazole rings is 1. The first-order chi connectivity index (χ1) is 16.2. The van der Waals surface area contributed by atoms with E-state index in [0.717, 1.165) is 28.0 Å². The Morgan fingerprint density at radius 2 is 2.14 bits per heavy atom. The summed E-state index contributed by atoms with van der Waals surface area (Å²) in [5.41, 5.74) is 5.48. The average Bonchev–Trinajstić information content (AvgIpc) is 3.35. The number of β-lactam (4-membered cyclic amide) rings is 1. The maximum absolute atomic E-state index is 12.7. The van der Waals surface area contributed by atoms with Gasteiger partial charge in [0.05, 0.1) is 23.8 Å². The molecular weight excluding hydrogens is 533 g/mol. The molecule has 2 aliphatic rings. The minimum absolute atomic E-state index is 0. The SMILES string of the molecule is N=c1scc(CC(=O)NC2C(=O)N3C(C(=O)[O-])=C(CSc4nnnn4CC(N)=O)CSC23)n1O.[Na+]. The van der Waals surface area contributed by atoms with Crippen molar-refractivity contribution in [2.75, 3.05) is 11.5 Å². The molecule has 19 heteroatoms. The van der Waals surface area contributed by atoms with Crippen LogP contribution in [-0.2, 0) is 32.1 Å². The number of rotatable bonds is 9. The fraction of sp³-hybridized carbons (Fsp3) is 0.375. The van der Waals surface area contributed by atoms with Gasteiger partial charge in [0, 0.05) is 16.9 Å². The zero-order valence-corrected chi connectivity index (χ0v) is 22.5. The molecule has 15 nitrogen and oxygen atoms in total. The number of carbonyl (C=O) groups excluding carboxylic acids is 4. The summed E-state index contributed by atoms with van der Waals surface area (Å²) in [5.74, 6) is -2.97. The monoisotopic (exact) mass is 549 g/mol. The molecule has 1 saturated heterocycles. The van der Waals surface area contributed by atoms with Crippen LogP contribution < -0.4 is 50.5 Å². The van der Waals surface area contributed by atoms with Crippen molar-refractivity contribution < 1.29 is 59.0 Å². The topological polar surface area (TPSA) is 225 Å². The Kier molecular flexibility index (Phi) is 8.65. The molecule has 35 heavy (non-hydrogen) atoms. The van der Waals surface area contributed by atoms with Crippen molar-refractivity contribution in [1.29, 1.82) is 5.41 Å².